The van der Waals surface area contributed by atoms with E-state index >= 15 is 0 Å². The van der Waals surface area contributed by atoms with E-state index < -0.39 is 6.10 Å². The van der Waals surface area contributed by atoms with Gasteiger partial charge in [-0.05, 0) is 24.6 Å². The highest BCUT2D eigenvalue weighted by Gasteiger charge is 2.10. The van der Waals surface area contributed by atoms with Gasteiger partial charge in [0, 0.05) is 0 Å². The minimum Gasteiger partial charge on any atom is -0.493 e. The highest BCUT2D eigenvalue weighted by Crippen LogP contribution is 2.30. The van der Waals surface area contributed by atoms with Crippen LogP contribution in [0.3, 0.4) is 0 Å². The van der Waals surface area contributed by atoms with Crippen LogP contribution in [0.1, 0.15) is 18.6 Å². The monoisotopic (exact) mass is 263 g/mol. The lowest BCUT2D eigenvalue weighted by atomic mass is 10.1. The van der Waals surface area contributed by atoms with Crippen LogP contribution in [0.4, 0.5) is 0 Å². The van der Waals surface area contributed by atoms with Crippen molar-refractivity contribution in [2.45, 2.75) is 13.0 Å². The molecule has 0 bridgehead atoms. The molecule has 1 aromatic rings. The number of nitrogens with one attached hydrogen (secondary N) is 1. The molecule has 0 fully saturated rings. The maximum Gasteiger partial charge on any atom is 0.258 e. The van der Waals surface area contributed by atoms with E-state index in [0.29, 0.717) is 17.1 Å². The molecule has 0 spiro atoms. The summed E-state index contributed by atoms with van der Waals surface area (Å²) in [5.41, 5.74) is 0.709. The lowest BCUT2D eigenvalue weighted by Crippen LogP contribution is -2.29. The first-order valence-electron chi connectivity index (χ1n) is 5.77. The van der Waals surface area contributed by atoms with Gasteiger partial charge in [-0.3, -0.25) is 4.79 Å². The fraction of sp³-hybridized carbons (Fsp3) is 0.357. The number of hydrogen-bond donors (Lipinski definition) is 2. The molecule has 1 atom stereocenters. The van der Waals surface area contributed by atoms with Crippen molar-refractivity contribution in [3.05, 3.63) is 23.8 Å². The minimum atomic E-state index is -0.595. The summed E-state index contributed by atoms with van der Waals surface area (Å²) in [6, 6.07) is 5.02. The highest BCUT2D eigenvalue weighted by atomic mass is 16.5. The van der Waals surface area contributed by atoms with Gasteiger partial charge in [0.05, 0.1) is 19.8 Å². The van der Waals surface area contributed by atoms with E-state index in [-0.39, 0.29) is 19.1 Å². The zero-order valence-corrected chi connectivity index (χ0v) is 11.0. The molecule has 1 rings (SSSR count). The number of aliphatic hydroxyl groups is 1. The molecule has 102 valence electrons. The van der Waals surface area contributed by atoms with Gasteiger partial charge >= 0.3 is 0 Å². The molecule has 1 unspecified atom stereocenters. The normalized spacial score (nSPS) is 11.3. The fourth-order valence-corrected chi connectivity index (χ4v) is 1.41. The van der Waals surface area contributed by atoms with Crippen molar-refractivity contribution in [3.63, 3.8) is 0 Å². The van der Waals surface area contributed by atoms with Crippen LogP contribution in [0.25, 0.3) is 0 Å². The Morgan fingerprint density at radius 1 is 1.53 bits per heavy atom. The van der Waals surface area contributed by atoms with E-state index in [1.165, 1.54) is 7.11 Å². The Kier molecular flexibility index (Phi) is 5.71. The summed E-state index contributed by atoms with van der Waals surface area (Å²) in [4.78, 5) is 11.3. The first-order chi connectivity index (χ1) is 9.08. The average Bonchev–Trinajstić information content (AvgIpc) is 2.42. The molecule has 5 nitrogen and oxygen atoms in total. The lowest BCUT2D eigenvalue weighted by Gasteiger charge is -2.13. The minimum absolute atomic E-state index is 0.147. The Morgan fingerprint density at radius 3 is 2.84 bits per heavy atom. The Bertz CT molecular complexity index is 477. The Hall–Kier alpha value is -2.19. The van der Waals surface area contributed by atoms with Crippen LogP contribution in [0.15, 0.2) is 18.2 Å². The van der Waals surface area contributed by atoms with E-state index in [1.807, 2.05) is 0 Å². The summed E-state index contributed by atoms with van der Waals surface area (Å²) in [5.74, 6) is 2.89. The highest BCUT2D eigenvalue weighted by molar-refractivity contribution is 5.77. The van der Waals surface area contributed by atoms with Crippen molar-refractivity contribution in [1.29, 1.82) is 0 Å². The third-order valence-corrected chi connectivity index (χ3v) is 2.42. The molecule has 1 amide bonds. The van der Waals surface area contributed by atoms with Gasteiger partial charge in [0.25, 0.3) is 5.91 Å². The average molecular weight is 263 g/mol. The van der Waals surface area contributed by atoms with Crippen LogP contribution in [0.2, 0.25) is 0 Å². The molecule has 2 N–H and O–H groups in total. The SMILES string of the molecule is C#CCNC(=O)COc1ccc(C(C)O)cc1OC. The van der Waals surface area contributed by atoms with Gasteiger partial charge < -0.3 is 19.9 Å². The summed E-state index contributed by atoms with van der Waals surface area (Å²) < 4.78 is 10.5. The van der Waals surface area contributed by atoms with Crippen LogP contribution in [-0.2, 0) is 4.79 Å². The molecule has 0 radical (unpaired) electrons. The molecule has 0 saturated carbocycles. The topological polar surface area (TPSA) is 67.8 Å². The maximum atomic E-state index is 11.3. The van der Waals surface area contributed by atoms with Crippen LogP contribution in [-0.4, -0.2) is 31.3 Å². The second-order valence-electron chi connectivity index (χ2n) is 3.86. The van der Waals surface area contributed by atoms with Crippen molar-refractivity contribution in [2.24, 2.45) is 0 Å². The van der Waals surface area contributed by atoms with Gasteiger partial charge in [0.2, 0.25) is 0 Å². The molecular formula is C14H17NO4. The number of ether oxygens (including phenoxy) is 2. The number of carbonyl (C=O) groups is 1. The Labute approximate surface area is 112 Å². The second-order valence-corrected chi connectivity index (χ2v) is 3.86. The molecule has 0 aliphatic rings. The number of rotatable bonds is 6. The summed E-state index contributed by atoms with van der Waals surface area (Å²) in [6.07, 6.45) is 4.43. The number of amides is 1. The van der Waals surface area contributed by atoms with Gasteiger partial charge in [-0.25, -0.2) is 0 Å². The van der Waals surface area contributed by atoms with Gasteiger partial charge in [0.15, 0.2) is 18.1 Å². The van der Waals surface area contributed by atoms with E-state index in [9.17, 15) is 9.90 Å². The summed E-state index contributed by atoms with van der Waals surface area (Å²) >= 11 is 0. The van der Waals surface area contributed by atoms with Crippen molar-refractivity contribution in [1.82, 2.24) is 5.32 Å². The molecule has 5 heteroatoms. The first-order valence-corrected chi connectivity index (χ1v) is 5.77. The summed E-state index contributed by atoms with van der Waals surface area (Å²) in [7, 11) is 1.49. The Morgan fingerprint density at radius 2 is 2.26 bits per heavy atom. The number of carbonyl (C=O) groups excluding carboxylic acids is 1. The Balaban J connectivity index is 2.68. The van der Waals surface area contributed by atoms with Crippen LogP contribution in [0.5, 0.6) is 11.5 Å². The number of aliphatic hydroxyl groups excluding tert-OH is 1. The molecule has 19 heavy (non-hydrogen) atoms. The zero-order chi connectivity index (χ0) is 14.3. The number of terminal acetylenes is 1. The molecule has 0 aliphatic carbocycles. The smallest absolute Gasteiger partial charge is 0.258 e. The zero-order valence-electron chi connectivity index (χ0n) is 11.0. The van der Waals surface area contributed by atoms with Crippen LogP contribution in [0, 0.1) is 12.3 Å². The summed E-state index contributed by atoms with van der Waals surface area (Å²) in [6.45, 7) is 1.68. The molecule has 0 aromatic heterocycles. The fourth-order valence-electron chi connectivity index (χ4n) is 1.41. The maximum absolute atomic E-state index is 11.3. The standard InChI is InChI=1S/C14H17NO4/c1-4-7-15-14(17)9-19-12-6-5-11(10(2)16)8-13(12)18-3/h1,5-6,8,10,16H,7,9H2,2-3H3,(H,15,17). The van der Waals surface area contributed by atoms with Gasteiger partial charge in [0.1, 0.15) is 0 Å². The third-order valence-electron chi connectivity index (χ3n) is 2.42. The van der Waals surface area contributed by atoms with E-state index in [4.69, 9.17) is 15.9 Å². The van der Waals surface area contributed by atoms with Crippen molar-refractivity contribution in [2.75, 3.05) is 20.3 Å². The molecule has 0 saturated heterocycles. The number of benzene rings is 1. The predicted molar refractivity (Wildman–Crippen MR) is 71.0 cm³/mol. The number of methoxy groups -OCH3 is 1. The van der Waals surface area contributed by atoms with Gasteiger partial charge in [-0.2, -0.15) is 0 Å². The summed E-state index contributed by atoms with van der Waals surface area (Å²) in [5, 5.41) is 12.0. The van der Waals surface area contributed by atoms with Crippen molar-refractivity contribution < 1.29 is 19.4 Å². The third kappa shape index (κ3) is 4.53. The van der Waals surface area contributed by atoms with Crippen LogP contribution >= 0.6 is 0 Å². The largest absolute Gasteiger partial charge is 0.493 e. The van der Waals surface area contributed by atoms with E-state index in [1.54, 1.807) is 25.1 Å². The predicted octanol–water partition coefficient (Wildman–Crippen LogP) is 0.877. The molecule has 0 aliphatic heterocycles. The molecule has 1 aromatic carbocycles. The van der Waals surface area contributed by atoms with Gasteiger partial charge in [-0.15, -0.1) is 6.42 Å². The van der Waals surface area contributed by atoms with Gasteiger partial charge in [-0.1, -0.05) is 12.0 Å². The van der Waals surface area contributed by atoms with Crippen molar-refractivity contribution >= 4 is 5.91 Å². The first kappa shape index (κ1) is 14.9. The quantitative estimate of drug-likeness (QED) is 0.748. The second kappa shape index (κ2) is 7.29. The molecule has 0 heterocycles. The lowest BCUT2D eigenvalue weighted by molar-refractivity contribution is -0.122. The molecular weight excluding hydrogens is 246 g/mol. The van der Waals surface area contributed by atoms with E-state index in [2.05, 4.69) is 11.2 Å². The van der Waals surface area contributed by atoms with Crippen molar-refractivity contribution in [3.8, 4) is 23.8 Å². The van der Waals surface area contributed by atoms with E-state index in [0.717, 1.165) is 0 Å². The number of hydrogen-bond acceptors (Lipinski definition) is 4. The van der Waals surface area contributed by atoms with Crippen LogP contribution < -0.4 is 14.8 Å².